The monoisotopic (exact) mass is 197 g/mol. The van der Waals surface area contributed by atoms with Gasteiger partial charge >= 0.3 is 0 Å². The fourth-order valence-corrected chi connectivity index (χ4v) is 1.19. The van der Waals surface area contributed by atoms with Crippen molar-refractivity contribution in [2.75, 3.05) is 6.54 Å². The second-order valence-electron chi connectivity index (χ2n) is 4.73. The molecular formula is C10H19N3O. The maximum Gasteiger partial charge on any atom is 0.226 e. The van der Waals surface area contributed by atoms with E-state index >= 15 is 0 Å². The van der Waals surface area contributed by atoms with Gasteiger partial charge in [0.1, 0.15) is 0 Å². The normalized spacial score (nSPS) is 12.0. The summed E-state index contributed by atoms with van der Waals surface area (Å²) in [6.45, 7) is 7.13. The van der Waals surface area contributed by atoms with Crippen LogP contribution in [0.1, 0.15) is 38.9 Å². The molecular weight excluding hydrogens is 178 g/mol. The summed E-state index contributed by atoms with van der Waals surface area (Å²) in [6.07, 6.45) is 2.53. The van der Waals surface area contributed by atoms with Gasteiger partial charge in [-0.25, -0.2) is 0 Å². The van der Waals surface area contributed by atoms with Gasteiger partial charge in [0.15, 0.2) is 5.82 Å². The van der Waals surface area contributed by atoms with Crippen LogP contribution in [0.4, 0.5) is 0 Å². The van der Waals surface area contributed by atoms with E-state index in [1.165, 1.54) is 0 Å². The molecule has 2 N–H and O–H groups in total. The number of nitrogens with zero attached hydrogens (tertiary/aromatic N) is 2. The van der Waals surface area contributed by atoms with Crippen LogP contribution in [-0.4, -0.2) is 16.7 Å². The van der Waals surface area contributed by atoms with Gasteiger partial charge in [0.05, 0.1) is 0 Å². The third-order valence-electron chi connectivity index (χ3n) is 1.79. The molecule has 0 spiro atoms. The van der Waals surface area contributed by atoms with Crippen molar-refractivity contribution in [3.8, 4) is 0 Å². The minimum absolute atomic E-state index is 0.203. The number of aromatic nitrogens is 2. The standard InChI is InChI=1S/C10H19N3O/c1-10(2,3)7-8-12-9(14-13-8)5-4-6-11/h4-7,11H2,1-3H3. The molecule has 1 rings (SSSR count). The van der Waals surface area contributed by atoms with E-state index < -0.39 is 0 Å². The maximum absolute atomic E-state index is 5.40. The van der Waals surface area contributed by atoms with E-state index in [4.69, 9.17) is 10.3 Å². The Hall–Kier alpha value is -0.900. The molecule has 4 heteroatoms. The van der Waals surface area contributed by atoms with Crippen LogP contribution in [0.3, 0.4) is 0 Å². The summed E-state index contributed by atoms with van der Waals surface area (Å²) < 4.78 is 5.10. The van der Waals surface area contributed by atoms with Crippen LogP contribution in [0.15, 0.2) is 4.52 Å². The number of rotatable bonds is 4. The smallest absolute Gasteiger partial charge is 0.226 e. The number of nitrogens with two attached hydrogens (primary N) is 1. The van der Waals surface area contributed by atoms with Crippen LogP contribution in [0.5, 0.6) is 0 Å². The minimum Gasteiger partial charge on any atom is -0.339 e. The fourth-order valence-electron chi connectivity index (χ4n) is 1.19. The van der Waals surface area contributed by atoms with Crippen molar-refractivity contribution in [2.45, 2.75) is 40.0 Å². The molecule has 0 aliphatic rings. The lowest BCUT2D eigenvalue weighted by Crippen LogP contribution is -2.10. The predicted octanol–water partition coefficient (Wildman–Crippen LogP) is 1.55. The third-order valence-corrected chi connectivity index (χ3v) is 1.79. The molecule has 0 aliphatic heterocycles. The molecule has 0 unspecified atom stereocenters. The van der Waals surface area contributed by atoms with Crippen molar-refractivity contribution in [3.05, 3.63) is 11.7 Å². The second-order valence-corrected chi connectivity index (χ2v) is 4.73. The van der Waals surface area contributed by atoms with Crippen molar-refractivity contribution in [1.82, 2.24) is 10.1 Å². The molecule has 0 saturated heterocycles. The molecule has 4 nitrogen and oxygen atoms in total. The molecule has 0 atom stereocenters. The van der Waals surface area contributed by atoms with Gasteiger partial charge in [0, 0.05) is 12.8 Å². The van der Waals surface area contributed by atoms with E-state index in [-0.39, 0.29) is 5.41 Å². The van der Waals surface area contributed by atoms with Gasteiger partial charge in [0.25, 0.3) is 0 Å². The Morgan fingerprint density at radius 2 is 2.07 bits per heavy atom. The van der Waals surface area contributed by atoms with E-state index in [1.807, 2.05) is 0 Å². The molecule has 1 aromatic heterocycles. The molecule has 0 amide bonds. The number of hydrogen-bond acceptors (Lipinski definition) is 4. The lowest BCUT2D eigenvalue weighted by atomic mass is 9.92. The van der Waals surface area contributed by atoms with Gasteiger partial charge in [-0.15, -0.1) is 0 Å². The molecule has 0 fully saturated rings. The first-order valence-electron chi connectivity index (χ1n) is 5.03. The zero-order valence-corrected chi connectivity index (χ0v) is 9.21. The summed E-state index contributed by atoms with van der Waals surface area (Å²) in [6, 6.07) is 0. The summed E-state index contributed by atoms with van der Waals surface area (Å²) in [7, 11) is 0. The van der Waals surface area contributed by atoms with Gasteiger partial charge in [-0.05, 0) is 18.4 Å². The Kier molecular flexibility index (Phi) is 3.63. The SMILES string of the molecule is CC(C)(C)Cc1noc(CCCN)n1. The molecule has 0 aliphatic carbocycles. The zero-order valence-electron chi connectivity index (χ0n) is 9.21. The van der Waals surface area contributed by atoms with Gasteiger partial charge in [0.2, 0.25) is 5.89 Å². The Morgan fingerprint density at radius 3 is 2.64 bits per heavy atom. The highest BCUT2D eigenvalue weighted by Gasteiger charge is 2.15. The van der Waals surface area contributed by atoms with Crippen molar-refractivity contribution >= 4 is 0 Å². The molecule has 80 valence electrons. The molecule has 0 saturated carbocycles. The molecule has 0 bridgehead atoms. The Morgan fingerprint density at radius 1 is 1.36 bits per heavy atom. The first kappa shape index (κ1) is 11.2. The van der Waals surface area contributed by atoms with E-state index in [0.717, 1.165) is 25.1 Å². The zero-order chi connectivity index (χ0) is 10.6. The molecule has 0 radical (unpaired) electrons. The lowest BCUT2D eigenvalue weighted by molar-refractivity contribution is 0.353. The Bertz CT molecular complexity index is 275. The number of hydrogen-bond donors (Lipinski definition) is 1. The van der Waals surface area contributed by atoms with E-state index in [1.54, 1.807) is 0 Å². The second kappa shape index (κ2) is 4.55. The van der Waals surface area contributed by atoms with Crippen molar-refractivity contribution in [2.24, 2.45) is 11.1 Å². The maximum atomic E-state index is 5.40. The molecule has 1 heterocycles. The Labute approximate surface area is 84.9 Å². The lowest BCUT2D eigenvalue weighted by Gasteiger charge is -2.14. The Balaban J connectivity index is 2.51. The predicted molar refractivity (Wildman–Crippen MR) is 54.8 cm³/mol. The third kappa shape index (κ3) is 3.87. The van der Waals surface area contributed by atoms with E-state index in [0.29, 0.717) is 12.4 Å². The quantitative estimate of drug-likeness (QED) is 0.795. The van der Waals surface area contributed by atoms with E-state index in [9.17, 15) is 0 Å². The molecule has 0 aromatic carbocycles. The van der Waals surface area contributed by atoms with Crippen molar-refractivity contribution in [1.29, 1.82) is 0 Å². The highest BCUT2D eigenvalue weighted by atomic mass is 16.5. The van der Waals surface area contributed by atoms with Crippen LogP contribution in [0.2, 0.25) is 0 Å². The van der Waals surface area contributed by atoms with Crippen molar-refractivity contribution < 1.29 is 4.52 Å². The minimum atomic E-state index is 0.203. The fraction of sp³-hybridized carbons (Fsp3) is 0.800. The topological polar surface area (TPSA) is 64.9 Å². The van der Waals surface area contributed by atoms with Crippen LogP contribution in [0.25, 0.3) is 0 Å². The highest BCUT2D eigenvalue weighted by molar-refractivity contribution is 4.90. The summed E-state index contributed by atoms with van der Waals surface area (Å²) in [5.74, 6) is 1.50. The average Bonchev–Trinajstić information content (AvgIpc) is 2.46. The first-order valence-corrected chi connectivity index (χ1v) is 5.03. The van der Waals surface area contributed by atoms with Gasteiger partial charge in [-0.1, -0.05) is 25.9 Å². The van der Waals surface area contributed by atoms with Crippen LogP contribution >= 0.6 is 0 Å². The summed E-state index contributed by atoms with van der Waals surface area (Å²) in [4.78, 5) is 4.30. The van der Waals surface area contributed by atoms with Crippen LogP contribution < -0.4 is 5.73 Å². The van der Waals surface area contributed by atoms with Crippen molar-refractivity contribution in [3.63, 3.8) is 0 Å². The van der Waals surface area contributed by atoms with E-state index in [2.05, 4.69) is 30.9 Å². The van der Waals surface area contributed by atoms with Gasteiger partial charge in [-0.2, -0.15) is 4.98 Å². The van der Waals surface area contributed by atoms with Gasteiger partial charge < -0.3 is 10.3 Å². The van der Waals surface area contributed by atoms with Gasteiger partial charge in [-0.3, -0.25) is 0 Å². The summed E-state index contributed by atoms with van der Waals surface area (Å²) in [5, 5.41) is 3.93. The molecule has 14 heavy (non-hydrogen) atoms. The van der Waals surface area contributed by atoms with Crippen LogP contribution in [0, 0.1) is 5.41 Å². The summed E-state index contributed by atoms with van der Waals surface area (Å²) in [5.41, 5.74) is 5.60. The average molecular weight is 197 g/mol. The van der Waals surface area contributed by atoms with Crippen LogP contribution in [-0.2, 0) is 12.8 Å². The first-order chi connectivity index (χ1) is 6.51. The summed E-state index contributed by atoms with van der Waals surface area (Å²) >= 11 is 0. The largest absolute Gasteiger partial charge is 0.339 e. The number of aryl methyl sites for hydroxylation is 1. The highest BCUT2D eigenvalue weighted by Crippen LogP contribution is 2.18. The molecule has 1 aromatic rings.